The molecule has 4 heteroatoms. The highest BCUT2D eigenvalue weighted by Gasteiger charge is 2.06. The van der Waals surface area contributed by atoms with E-state index < -0.39 is 0 Å². The van der Waals surface area contributed by atoms with E-state index in [1.807, 2.05) is 0 Å². The zero-order valence-electron chi connectivity index (χ0n) is 5.37. The van der Waals surface area contributed by atoms with Crippen LogP contribution in [0.1, 0.15) is 5.56 Å². The van der Waals surface area contributed by atoms with Crippen LogP contribution in [0.3, 0.4) is 0 Å². The van der Waals surface area contributed by atoms with E-state index in [1.165, 1.54) is 6.07 Å². The van der Waals surface area contributed by atoms with Crippen LogP contribution in [-0.2, 0) is 5.33 Å². The Balaban J connectivity index is 3.25. The molecule has 0 N–H and O–H groups in total. The van der Waals surface area contributed by atoms with Gasteiger partial charge in [-0.2, -0.15) is 0 Å². The van der Waals surface area contributed by atoms with Crippen molar-refractivity contribution >= 4 is 50.1 Å². The Morgan fingerprint density at radius 2 is 2.18 bits per heavy atom. The highest BCUT2D eigenvalue weighted by atomic mass is 127. The minimum Gasteiger partial charge on any atom is -0.207 e. The average molecular weight is 349 g/mol. The summed E-state index contributed by atoms with van der Waals surface area (Å²) in [5.41, 5.74) is 0.662. The summed E-state index contributed by atoms with van der Waals surface area (Å²) in [5.74, 6) is -0.251. The predicted molar refractivity (Wildman–Crippen MR) is 56.8 cm³/mol. The van der Waals surface area contributed by atoms with Gasteiger partial charge in [0.25, 0.3) is 0 Å². The first kappa shape index (κ1) is 9.74. The van der Waals surface area contributed by atoms with Crippen molar-refractivity contribution in [3.05, 3.63) is 32.1 Å². The first-order valence-corrected chi connectivity index (χ1v) is 5.42. The van der Waals surface area contributed by atoms with Gasteiger partial charge in [-0.1, -0.05) is 27.5 Å². The molecule has 1 rings (SSSR count). The number of alkyl halides is 1. The van der Waals surface area contributed by atoms with Gasteiger partial charge >= 0.3 is 0 Å². The third kappa shape index (κ3) is 2.29. The molecule has 0 spiro atoms. The number of halogens is 4. The Kier molecular flexibility index (Phi) is 3.58. The molecule has 0 saturated heterocycles. The lowest BCUT2D eigenvalue weighted by Crippen LogP contribution is -1.89. The van der Waals surface area contributed by atoms with Crippen molar-refractivity contribution < 1.29 is 4.39 Å². The van der Waals surface area contributed by atoms with Crippen molar-refractivity contribution in [1.82, 2.24) is 0 Å². The minimum atomic E-state index is -0.251. The Morgan fingerprint density at radius 1 is 1.55 bits per heavy atom. The van der Waals surface area contributed by atoms with Gasteiger partial charge < -0.3 is 0 Å². The second kappa shape index (κ2) is 4.05. The number of benzene rings is 1. The third-order valence-electron chi connectivity index (χ3n) is 1.24. The van der Waals surface area contributed by atoms with Crippen LogP contribution in [-0.4, -0.2) is 0 Å². The molecule has 0 nitrogen and oxygen atoms in total. The largest absolute Gasteiger partial charge is 0.207 e. The van der Waals surface area contributed by atoms with Crippen LogP contribution < -0.4 is 0 Å². The van der Waals surface area contributed by atoms with Gasteiger partial charge in [0.05, 0.1) is 0 Å². The standard InChI is InChI=1S/C7H4BrClFI/c8-3-5-6(10)1-4(9)2-7(5)11/h1-2H,3H2. The van der Waals surface area contributed by atoms with Crippen molar-refractivity contribution in [1.29, 1.82) is 0 Å². The summed E-state index contributed by atoms with van der Waals surface area (Å²) in [7, 11) is 0. The van der Waals surface area contributed by atoms with E-state index in [0.717, 1.165) is 3.57 Å². The number of hydrogen-bond donors (Lipinski definition) is 0. The summed E-state index contributed by atoms with van der Waals surface area (Å²) in [4.78, 5) is 0. The maximum absolute atomic E-state index is 13.0. The van der Waals surface area contributed by atoms with E-state index >= 15 is 0 Å². The Bertz CT molecular complexity index is 254. The summed E-state index contributed by atoms with van der Waals surface area (Å²) in [5, 5.41) is 0.963. The van der Waals surface area contributed by atoms with Crippen LogP contribution in [0, 0.1) is 9.39 Å². The summed E-state index contributed by atoms with van der Waals surface area (Å²) in [6, 6.07) is 3.06. The SMILES string of the molecule is Fc1cc(Cl)cc(I)c1CBr. The molecule has 0 saturated carbocycles. The van der Waals surface area contributed by atoms with E-state index in [9.17, 15) is 4.39 Å². The molecule has 0 atom stereocenters. The number of rotatable bonds is 1. The molecule has 0 aliphatic rings. The number of hydrogen-bond acceptors (Lipinski definition) is 0. The van der Waals surface area contributed by atoms with Crippen LogP contribution >= 0.6 is 50.1 Å². The van der Waals surface area contributed by atoms with Crippen LogP contribution in [0.5, 0.6) is 0 Å². The summed E-state index contributed by atoms with van der Waals surface area (Å²) >= 11 is 10.9. The van der Waals surface area contributed by atoms with Gasteiger partial charge in [-0.05, 0) is 34.7 Å². The van der Waals surface area contributed by atoms with Crippen molar-refractivity contribution in [2.24, 2.45) is 0 Å². The van der Waals surface area contributed by atoms with E-state index in [1.54, 1.807) is 6.07 Å². The van der Waals surface area contributed by atoms with Crippen LogP contribution in [0.2, 0.25) is 5.02 Å². The molecule has 0 heterocycles. The molecule has 60 valence electrons. The normalized spacial score (nSPS) is 10.2. The Hall–Kier alpha value is 0.650. The lowest BCUT2D eigenvalue weighted by molar-refractivity contribution is 0.616. The fourth-order valence-electron chi connectivity index (χ4n) is 0.700. The smallest absolute Gasteiger partial charge is 0.129 e. The minimum absolute atomic E-state index is 0.251. The van der Waals surface area contributed by atoms with Gasteiger partial charge in [0.1, 0.15) is 5.82 Å². The molecule has 0 amide bonds. The van der Waals surface area contributed by atoms with Gasteiger partial charge in [-0.25, -0.2) is 4.39 Å². The van der Waals surface area contributed by atoms with Crippen molar-refractivity contribution in [2.45, 2.75) is 5.33 Å². The van der Waals surface area contributed by atoms with Gasteiger partial charge in [0, 0.05) is 19.5 Å². The molecule has 0 bridgehead atoms. The molecule has 0 aliphatic heterocycles. The van der Waals surface area contributed by atoms with Crippen molar-refractivity contribution in [2.75, 3.05) is 0 Å². The zero-order chi connectivity index (χ0) is 8.43. The molecule has 1 aromatic carbocycles. The van der Waals surface area contributed by atoms with E-state index in [2.05, 4.69) is 38.5 Å². The predicted octanol–water partition coefficient (Wildman–Crippen LogP) is 3.98. The first-order chi connectivity index (χ1) is 5.15. The van der Waals surface area contributed by atoms with Gasteiger partial charge in [0.2, 0.25) is 0 Å². The fraction of sp³-hybridized carbons (Fsp3) is 0.143. The fourth-order valence-corrected chi connectivity index (χ4v) is 2.97. The molecule has 11 heavy (non-hydrogen) atoms. The lowest BCUT2D eigenvalue weighted by atomic mass is 10.2. The van der Waals surface area contributed by atoms with Gasteiger partial charge in [-0.15, -0.1) is 0 Å². The van der Waals surface area contributed by atoms with E-state index in [4.69, 9.17) is 11.6 Å². The summed E-state index contributed by atoms with van der Waals surface area (Å²) in [6.07, 6.45) is 0. The highest BCUT2D eigenvalue weighted by Crippen LogP contribution is 2.23. The Morgan fingerprint density at radius 3 is 2.64 bits per heavy atom. The van der Waals surface area contributed by atoms with Gasteiger partial charge in [0.15, 0.2) is 0 Å². The Labute approximate surface area is 91.4 Å². The lowest BCUT2D eigenvalue weighted by Gasteiger charge is -2.01. The van der Waals surface area contributed by atoms with Crippen molar-refractivity contribution in [3.8, 4) is 0 Å². The second-order valence-electron chi connectivity index (χ2n) is 1.98. The molecular formula is C7H4BrClFI. The van der Waals surface area contributed by atoms with Crippen LogP contribution in [0.15, 0.2) is 12.1 Å². The molecule has 0 fully saturated rings. The maximum Gasteiger partial charge on any atom is 0.129 e. The molecule has 0 aromatic heterocycles. The average Bonchev–Trinajstić information content (AvgIpc) is 1.85. The highest BCUT2D eigenvalue weighted by molar-refractivity contribution is 14.1. The van der Waals surface area contributed by atoms with Gasteiger partial charge in [-0.3, -0.25) is 0 Å². The molecule has 0 aliphatic carbocycles. The quantitative estimate of drug-likeness (QED) is 0.531. The molecule has 1 aromatic rings. The second-order valence-corrected chi connectivity index (χ2v) is 4.14. The first-order valence-electron chi connectivity index (χ1n) is 2.84. The van der Waals surface area contributed by atoms with E-state index in [0.29, 0.717) is 15.9 Å². The molecular weight excluding hydrogens is 345 g/mol. The van der Waals surface area contributed by atoms with Crippen LogP contribution in [0.25, 0.3) is 0 Å². The molecule has 0 unspecified atom stereocenters. The summed E-state index contributed by atoms with van der Waals surface area (Å²) < 4.78 is 13.8. The maximum atomic E-state index is 13.0. The monoisotopic (exact) mass is 348 g/mol. The van der Waals surface area contributed by atoms with Crippen molar-refractivity contribution in [3.63, 3.8) is 0 Å². The molecule has 0 radical (unpaired) electrons. The van der Waals surface area contributed by atoms with Crippen LogP contribution in [0.4, 0.5) is 4.39 Å². The summed E-state index contributed by atoms with van der Waals surface area (Å²) in [6.45, 7) is 0. The topological polar surface area (TPSA) is 0 Å². The zero-order valence-corrected chi connectivity index (χ0v) is 9.87. The third-order valence-corrected chi connectivity index (χ3v) is 2.98. The van der Waals surface area contributed by atoms with E-state index in [-0.39, 0.29) is 5.82 Å².